The molecule has 2 aromatic heterocycles. The molecule has 4 aromatic rings. The number of nitrogens with zero attached hydrogens (tertiary/aromatic N) is 1. The Bertz CT molecular complexity index is 1160. The molecule has 0 saturated heterocycles. The van der Waals surface area contributed by atoms with Crippen molar-refractivity contribution in [2.24, 2.45) is 0 Å². The summed E-state index contributed by atoms with van der Waals surface area (Å²) >= 11 is 0. The van der Waals surface area contributed by atoms with E-state index in [0.717, 1.165) is 33.2 Å². The van der Waals surface area contributed by atoms with E-state index in [0.29, 0.717) is 11.9 Å². The number of aromatic amines is 2. The number of benzene rings is 2. The van der Waals surface area contributed by atoms with Crippen LogP contribution in [-0.2, 0) is 11.2 Å². The zero-order valence-corrected chi connectivity index (χ0v) is 13.2. The molecule has 0 amide bonds. The Morgan fingerprint density at radius 3 is 2.68 bits per heavy atom. The largest absolute Gasteiger partial charge is 0.481 e. The average molecular weight is 333 g/mol. The number of carboxylic acids is 1. The normalized spacial score (nSPS) is 11.2. The van der Waals surface area contributed by atoms with Crippen LogP contribution < -0.4 is 5.69 Å². The Kier molecular flexibility index (Phi) is 3.57. The Morgan fingerprint density at radius 1 is 1.04 bits per heavy atom. The third-order valence-corrected chi connectivity index (χ3v) is 4.22. The summed E-state index contributed by atoms with van der Waals surface area (Å²) < 4.78 is 0. The summed E-state index contributed by atoms with van der Waals surface area (Å²) in [5.41, 5.74) is 4.59. The quantitative estimate of drug-likeness (QED) is 0.534. The molecule has 6 heteroatoms. The maximum Gasteiger partial charge on any atom is 0.323 e. The van der Waals surface area contributed by atoms with E-state index < -0.39 is 5.97 Å². The average Bonchev–Trinajstić information content (AvgIpc) is 2.98. The van der Waals surface area contributed by atoms with E-state index in [1.54, 1.807) is 0 Å². The minimum absolute atomic E-state index is 0.0671. The first-order valence-electron chi connectivity index (χ1n) is 7.93. The molecule has 0 unspecified atom stereocenters. The van der Waals surface area contributed by atoms with Gasteiger partial charge in [-0.1, -0.05) is 24.3 Å². The van der Waals surface area contributed by atoms with Crippen LogP contribution in [0.1, 0.15) is 12.0 Å². The molecule has 0 fully saturated rings. The van der Waals surface area contributed by atoms with Gasteiger partial charge in [-0.05, 0) is 36.2 Å². The number of carbonyl (C=O) groups is 1. The molecule has 0 saturated carbocycles. The Balaban J connectivity index is 1.87. The van der Waals surface area contributed by atoms with Gasteiger partial charge in [0.25, 0.3) is 0 Å². The van der Waals surface area contributed by atoms with E-state index in [1.807, 2.05) is 48.5 Å². The van der Waals surface area contributed by atoms with E-state index in [4.69, 9.17) is 10.1 Å². The second-order valence-electron chi connectivity index (χ2n) is 5.92. The third-order valence-electron chi connectivity index (χ3n) is 4.22. The predicted octanol–water partition coefficient (Wildman–Crippen LogP) is 3.09. The van der Waals surface area contributed by atoms with Crippen molar-refractivity contribution in [2.75, 3.05) is 0 Å². The van der Waals surface area contributed by atoms with Crippen LogP contribution >= 0.6 is 0 Å². The monoisotopic (exact) mass is 333 g/mol. The first-order chi connectivity index (χ1) is 12.1. The number of aromatic nitrogens is 3. The summed E-state index contributed by atoms with van der Waals surface area (Å²) in [5, 5.41) is 9.96. The van der Waals surface area contributed by atoms with Crippen molar-refractivity contribution in [2.45, 2.75) is 12.8 Å². The van der Waals surface area contributed by atoms with Gasteiger partial charge >= 0.3 is 11.7 Å². The highest BCUT2D eigenvalue weighted by Crippen LogP contribution is 2.27. The molecule has 0 spiro atoms. The van der Waals surface area contributed by atoms with E-state index in [1.165, 1.54) is 0 Å². The van der Waals surface area contributed by atoms with Crippen molar-refractivity contribution in [3.63, 3.8) is 0 Å². The van der Waals surface area contributed by atoms with Gasteiger partial charge in [-0.15, -0.1) is 0 Å². The first-order valence-corrected chi connectivity index (χ1v) is 7.93. The number of imidazole rings is 1. The second-order valence-corrected chi connectivity index (χ2v) is 5.92. The van der Waals surface area contributed by atoms with Crippen LogP contribution in [0.5, 0.6) is 0 Å². The molecule has 4 rings (SSSR count). The van der Waals surface area contributed by atoms with Gasteiger partial charge in [0.2, 0.25) is 0 Å². The van der Waals surface area contributed by atoms with Crippen LogP contribution in [-0.4, -0.2) is 26.0 Å². The molecule has 2 heterocycles. The van der Waals surface area contributed by atoms with Crippen molar-refractivity contribution >= 4 is 27.9 Å². The predicted molar refractivity (Wildman–Crippen MR) is 95.6 cm³/mol. The second kappa shape index (κ2) is 5.90. The van der Waals surface area contributed by atoms with Gasteiger partial charge in [0.1, 0.15) is 0 Å². The SMILES string of the molecule is O=C(O)CCc1cc(-c2ccc3[nH]c(=O)[nH]c3c2)nc2ccccc12. The molecular weight excluding hydrogens is 318 g/mol. The summed E-state index contributed by atoms with van der Waals surface area (Å²) in [5.74, 6) is -0.825. The van der Waals surface area contributed by atoms with Crippen LogP contribution in [0.2, 0.25) is 0 Å². The molecule has 0 aliphatic heterocycles. The molecule has 6 nitrogen and oxygen atoms in total. The van der Waals surface area contributed by atoms with Crippen molar-refractivity contribution in [1.82, 2.24) is 15.0 Å². The summed E-state index contributed by atoms with van der Waals surface area (Å²) in [4.78, 5) is 32.5. The number of hydrogen-bond donors (Lipinski definition) is 3. The molecule has 2 aromatic carbocycles. The maximum atomic E-state index is 11.4. The highest BCUT2D eigenvalue weighted by molar-refractivity contribution is 5.87. The topological polar surface area (TPSA) is 98.8 Å². The van der Waals surface area contributed by atoms with Crippen LogP contribution in [0.4, 0.5) is 0 Å². The van der Waals surface area contributed by atoms with Crippen LogP contribution in [0.25, 0.3) is 33.2 Å². The number of aryl methyl sites for hydroxylation is 1. The molecule has 0 aliphatic carbocycles. The van der Waals surface area contributed by atoms with Gasteiger partial charge in [0, 0.05) is 17.4 Å². The standard InChI is InChI=1S/C19H15N3O3/c23-18(24)8-6-11-9-16(20-14-4-2-1-3-13(11)14)12-5-7-15-17(10-12)22-19(25)21-15/h1-5,7,9-10H,6,8H2,(H,23,24)(H2,21,22,25). The van der Waals surface area contributed by atoms with Crippen LogP contribution in [0.3, 0.4) is 0 Å². The molecule has 0 aliphatic rings. The third kappa shape index (κ3) is 2.89. The van der Waals surface area contributed by atoms with Crippen molar-refractivity contribution < 1.29 is 9.90 Å². The fraction of sp³-hybridized carbons (Fsp3) is 0.105. The van der Waals surface area contributed by atoms with Crippen LogP contribution in [0, 0.1) is 0 Å². The molecule has 25 heavy (non-hydrogen) atoms. The number of H-pyrrole nitrogens is 2. The molecule has 0 atom stereocenters. The van der Waals surface area contributed by atoms with Crippen molar-refractivity contribution in [3.8, 4) is 11.3 Å². The van der Waals surface area contributed by atoms with Gasteiger partial charge < -0.3 is 15.1 Å². The maximum absolute atomic E-state index is 11.4. The van der Waals surface area contributed by atoms with Crippen LogP contribution in [0.15, 0.2) is 53.3 Å². The molecule has 124 valence electrons. The summed E-state index contributed by atoms with van der Waals surface area (Å²) in [6, 6.07) is 15.2. The number of pyridine rings is 1. The van der Waals surface area contributed by atoms with Gasteiger partial charge in [-0.25, -0.2) is 9.78 Å². The Hall–Kier alpha value is -3.41. The number of nitrogens with one attached hydrogen (secondary N) is 2. The van der Waals surface area contributed by atoms with E-state index >= 15 is 0 Å². The minimum Gasteiger partial charge on any atom is -0.481 e. The fourth-order valence-electron chi connectivity index (χ4n) is 3.04. The number of carboxylic acid groups (broad SMARTS) is 1. The lowest BCUT2D eigenvalue weighted by atomic mass is 10.0. The summed E-state index contributed by atoms with van der Waals surface area (Å²) in [7, 11) is 0. The summed E-state index contributed by atoms with van der Waals surface area (Å²) in [6.07, 6.45) is 0.506. The zero-order chi connectivity index (χ0) is 17.4. The van der Waals surface area contributed by atoms with Crippen molar-refractivity contribution in [3.05, 3.63) is 64.6 Å². The lowest BCUT2D eigenvalue weighted by Gasteiger charge is -2.09. The fourth-order valence-corrected chi connectivity index (χ4v) is 3.04. The summed E-state index contributed by atoms with van der Waals surface area (Å²) in [6.45, 7) is 0. The van der Waals surface area contributed by atoms with Gasteiger partial charge in [-0.2, -0.15) is 0 Å². The number of fused-ring (bicyclic) bond motifs is 2. The first kappa shape index (κ1) is 15.1. The lowest BCUT2D eigenvalue weighted by Crippen LogP contribution is -1.99. The number of hydrogen-bond acceptors (Lipinski definition) is 3. The number of rotatable bonds is 4. The molecule has 0 bridgehead atoms. The highest BCUT2D eigenvalue weighted by atomic mass is 16.4. The van der Waals surface area contributed by atoms with E-state index in [-0.39, 0.29) is 12.1 Å². The van der Waals surface area contributed by atoms with Crippen molar-refractivity contribution in [1.29, 1.82) is 0 Å². The lowest BCUT2D eigenvalue weighted by molar-refractivity contribution is -0.136. The smallest absolute Gasteiger partial charge is 0.323 e. The number of para-hydroxylation sites is 1. The minimum atomic E-state index is -0.825. The van der Waals surface area contributed by atoms with E-state index in [9.17, 15) is 9.59 Å². The van der Waals surface area contributed by atoms with Gasteiger partial charge in [0.05, 0.1) is 22.2 Å². The van der Waals surface area contributed by atoms with Gasteiger partial charge in [0.15, 0.2) is 0 Å². The molecule has 0 radical (unpaired) electrons. The molecule has 3 N–H and O–H groups in total. The highest BCUT2D eigenvalue weighted by Gasteiger charge is 2.10. The van der Waals surface area contributed by atoms with E-state index in [2.05, 4.69) is 9.97 Å². The zero-order valence-electron chi connectivity index (χ0n) is 13.2. The Morgan fingerprint density at radius 2 is 1.84 bits per heavy atom. The van der Waals surface area contributed by atoms with Gasteiger partial charge in [-0.3, -0.25) is 4.79 Å². The number of aliphatic carboxylic acids is 1. The molecular formula is C19H15N3O3. The Labute approximate surface area is 142 Å².